The van der Waals surface area contributed by atoms with Gasteiger partial charge >= 0.3 is 5.69 Å². The van der Waals surface area contributed by atoms with Gasteiger partial charge in [-0.3, -0.25) is 14.3 Å². The second-order valence-corrected chi connectivity index (χ2v) is 6.14. The molecule has 2 aromatic rings. The van der Waals surface area contributed by atoms with Crippen LogP contribution < -0.4 is 11.2 Å². The summed E-state index contributed by atoms with van der Waals surface area (Å²) in [7, 11) is 0. The first-order valence-electron chi connectivity index (χ1n) is 7.85. The number of benzene rings is 1. The highest BCUT2D eigenvalue weighted by atomic mass is 19.1. The van der Waals surface area contributed by atoms with Gasteiger partial charge in [-0.05, 0) is 12.5 Å². The maximum absolute atomic E-state index is 15.0. The van der Waals surface area contributed by atoms with E-state index in [9.17, 15) is 19.1 Å². The Balaban J connectivity index is 1.71. The van der Waals surface area contributed by atoms with Gasteiger partial charge in [0.15, 0.2) is 11.9 Å². The van der Waals surface area contributed by atoms with E-state index in [1.807, 2.05) is 35.3 Å². The van der Waals surface area contributed by atoms with Crippen molar-refractivity contribution in [2.75, 3.05) is 6.61 Å². The molecule has 0 spiro atoms. The maximum Gasteiger partial charge on any atom is 0.330 e. The van der Waals surface area contributed by atoms with Crippen LogP contribution in [-0.2, 0) is 16.1 Å². The minimum Gasteiger partial charge on any atom is -0.387 e. The molecule has 134 valence electrons. The van der Waals surface area contributed by atoms with Crippen molar-refractivity contribution in [3.05, 3.63) is 69.0 Å². The number of aromatic nitrogens is 2. The number of aliphatic hydroxyl groups is 1. The molecule has 1 saturated heterocycles. The fourth-order valence-electron chi connectivity index (χ4n) is 2.83. The maximum atomic E-state index is 15.0. The Morgan fingerprint density at radius 1 is 1.32 bits per heavy atom. The Kier molecular flexibility index (Phi) is 4.85. The van der Waals surface area contributed by atoms with Gasteiger partial charge in [0.05, 0.1) is 13.2 Å². The highest BCUT2D eigenvalue weighted by Crippen LogP contribution is 2.40. The van der Waals surface area contributed by atoms with Crippen molar-refractivity contribution in [1.29, 1.82) is 0 Å². The molecule has 4 atom stereocenters. The largest absolute Gasteiger partial charge is 0.387 e. The Hall–Kier alpha value is -2.29. The molecule has 0 aliphatic carbocycles. The summed E-state index contributed by atoms with van der Waals surface area (Å²) in [5.41, 5.74) is -2.68. The lowest BCUT2D eigenvalue weighted by Gasteiger charge is -2.24. The lowest BCUT2D eigenvalue weighted by atomic mass is 9.98. The Morgan fingerprint density at radius 3 is 2.72 bits per heavy atom. The first kappa shape index (κ1) is 17.5. The molecule has 2 heterocycles. The molecule has 0 unspecified atom stereocenters. The SMILES string of the molecule is C[C@@]1(F)[C@H](O)[C@@H](COCc2ccccc2)O[C@H]1n1ccc(=O)[nH]c1=O. The molecule has 0 bridgehead atoms. The van der Waals surface area contributed by atoms with E-state index in [1.165, 1.54) is 0 Å². The number of nitrogens with one attached hydrogen (secondary N) is 1. The van der Waals surface area contributed by atoms with Gasteiger partial charge in [0, 0.05) is 12.3 Å². The van der Waals surface area contributed by atoms with Crippen LogP contribution in [0.25, 0.3) is 0 Å². The number of aromatic amines is 1. The second kappa shape index (κ2) is 6.91. The van der Waals surface area contributed by atoms with Crippen molar-refractivity contribution < 1.29 is 19.0 Å². The van der Waals surface area contributed by atoms with Crippen molar-refractivity contribution in [1.82, 2.24) is 9.55 Å². The molecule has 1 aliphatic heterocycles. The summed E-state index contributed by atoms with van der Waals surface area (Å²) in [6, 6.07) is 10.5. The van der Waals surface area contributed by atoms with Crippen LogP contribution in [0.3, 0.4) is 0 Å². The zero-order chi connectivity index (χ0) is 18.0. The number of rotatable bonds is 5. The van der Waals surface area contributed by atoms with Gasteiger partial charge in [0.1, 0.15) is 12.2 Å². The highest BCUT2D eigenvalue weighted by molar-refractivity contribution is 5.13. The number of hydrogen-bond donors (Lipinski definition) is 2. The number of halogens is 1. The van der Waals surface area contributed by atoms with Gasteiger partial charge < -0.3 is 14.6 Å². The fraction of sp³-hybridized carbons (Fsp3) is 0.412. The second-order valence-electron chi connectivity index (χ2n) is 6.14. The van der Waals surface area contributed by atoms with Crippen LogP contribution in [0.4, 0.5) is 4.39 Å². The molecule has 1 fully saturated rings. The molecule has 0 saturated carbocycles. The van der Waals surface area contributed by atoms with E-state index >= 15 is 0 Å². The van der Waals surface area contributed by atoms with Crippen molar-refractivity contribution in [3.8, 4) is 0 Å². The summed E-state index contributed by atoms with van der Waals surface area (Å²) < 4.78 is 26.9. The Bertz CT molecular complexity index is 833. The number of ether oxygens (including phenoxy) is 2. The molecule has 1 aliphatic rings. The lowest BCUT2D eigenvalue weighted by molar-refractivity contribution is -0.0741. The van der Waals surface area contributed by atoms with Crippen molar-refractivity contribution >= 4 is 0 Å². The van der Waals surface area contributed by atoms with Gasteiger partial charge in [0.2, 0.25) is 0 Å². The summed E-state index contributed by atoms with van der Waals surface area (Å²) in [6.07, 6.45) is -2.64. The third kappa shape index (κ3) is 3.55. The highest BCUT2D eigenvalue weighted by Gasteiger charge is 2.55. The number of aliphatic hydroxyl groups excluding tert-OH is 1. The van der Waals surface area contributed by atoms with Gasteiger partial charge in [-0.1, -0.05) is 30.3 Å². The predicted molar refractivity (Wildman–Crippen MR) is 86.9 cm³/mol. The van der Waals surface area contributed by atoms with Crippen LogP contribution in [0.1, 0.15) is 18.7 Å². The average molecular weight is 350 g/mol. The summed E-state index contributed by atoms with van der Waals surface area (Å²) in [5, 5.41) is 10.2. The summed E-state index contributed by atoms with van der Waals surface area (Å²) >= 11 is 0. The number of alkyl halides is 1. The van der Waals surface area contributed by atoms with Gasteiger partial charge in [-0.2, -0.15) is 0 Å². The minimum absolute atomic E-state index is 0.0375. The predicted octanol–water partition coefficient (Wildman–Crippen LogP) is 0.740. The molecule has 0 radical (unpaired) electrons. The minimum atomic E-state index is -2.22. The molecular weight excluding hydrogens is 331 g/mol. The molecule has 7 nitrogen and oxygen atoms in total. The number of nitrogens with zero attached hydrogens (tertiary/aromatic N) is 1. The third-order valence-electron chi connectivity index (χ3n) is 4.21. The topological polar surface area (TPSA) is 93.5 Å². The standard InChI is InChI=1S/C17H19FN2O5/c1-17(18)14(22)12(10-24-9-11-5-3-2-4-6-11)25-15(17)20-8-7-13(21)19-16(20)23/h2-8,12,14-15,22H,9-10H2,1H3,(H,19,21,23)/t12-,14-,15-,17-/m1/s1. The molecule has 1 aromatic carbocycles. The third-order valence-corrected chi connectivity index (χ3v) is 4.21. The molecule has 2 N–H and O–H groups in total. The van der Waals surface area contributed by atoms with Crippen molar-refractivity contribution in [2.45, 2.75) is 37.6 Å². The molecule has 3 rings (SSSR count). The normalized spacial score (nSPS) is 29.0. The monoisotopic (exact) mass is 350 g/mol. The molecular formula is C17H19FN2O5. The quantitative estimate of drug-likeness (QED) is 0.830. The van der Waals surface area contributed by atoms with E-state index in [0.717, 1.165) is 29.3 Å². The van der Waals surface area contributed by atoms with E-state index in [2.05, 4.69) is 0 Å². The van der Waals surface area contributed by atoms with Gasteiger partial charge in [-0.15, -0.1) is 0 Å². The lowest BCUT2D eigenvalue weighted by Crippen LogP contribution is -2.43. The van der Waals surface area contributed by atoms with E-state index in [-0.39, 0.29) is 6.61 Å². The fourth-order valence-corrected chi connectivity index (χ4v) is 2.83. The van der Waals surface area contributed by atoms with E-state index < -0.39 is 35.4 Å². The summed E-state index contributed by atoms with van der Waals surface area (Å²) in [6.45, 7) is 1.40. The first-order chi connectivity index (χ1) is 11.9. The Labute approximate surface area is 142 Å². The van der Waals surface area contributed by atoms with Crippen LogP contribution in [0, 0.1) is 0 Å². The first-order valence-corrected chi connectivity index (χ1v) is 7.85. The zero-order valence-electron chi connectivity index (χ0n) is 13.6. The molecule has 1 aromatic heterocycles. The van der Waals surface area contributed by atoms with Crippen LogP contribution in [-0.4, -0.2) is 39.1 Å². The van der Waals surface area contributed by atoms with Crippen molar-refractivity contribution in [3.63, 3.8) is 0 Å². The van der Waals surface area contributed by atoms with Crippen LogP contribution in [0.15, 0.2) is 52.2 Å². The van der Waals surface area contributed by atoms with E-state index in [4.69, 9.17) is 9.47 Å². The molecule has 25 heavy (non-hydrogen) atoms. The Morgan fingerprint density at radius 2 is 2.04 bits per heavy atom. The number of hydrogen-bond acceptors (Lipinski definition) is 5. The van der Waals surface area contributed by atoms with Crippen LogP contribution in [0.2, 0.25) is 0 Å². The van der Waals surface area contributed by atoms with Crippen molar-refractivity contribution in [2.24, 2.45) is 0 Å². The van der Waals surface area contributed by atoms with E-state index in [0.29, 0.717) is 6.61 Å². The summed E-state index contributed by atoms with van der Waals surface area (Å²) in [4.78, 5) is 25.1. The van der Waals surface area contributed by atoms with Gasteiger partial charge in [0.25, 0.3) is 5.56 Å². The zero-order valence-corrected chi connectivity index (χ0v) is 13.6. The van der Waals surface area contributed by atoms with Gasteiger partial charge in [-0.25, -0.2) is 9.18 Å². The van der Waals surface area contributed by atoms with E-state index in [1.54, 1.807) is 0 Å². The molecule has 8 heteroatoms. The van der Waals surface area contributed by atoms with Crippen LogP contribution in [0.5, 0.6) is 0 Å². The summed E-state index contributed by atoms with van der Waals surface area (Å²) in [5.74, 6) is 0. The average Bonchev–Trinajstić information content (AvgIpc) is 2.80. The van der Waals surface area contributed by atoms with Crippen LogP contribution >= 0.6 is 0 Å². The molecule has 0 amide bonds. The number of H-pyrrole nitrogens is 1. The smallest absolute Gasteiger partial charge is 0.330 e.